The second-order valence-electron chi connectivity index (χ2n) is 4.85. The van der Waals surface area contributed by atoms with Crippen LogP contribution < -0.4 is 14.2 Å². The molecule has 24 heavy (non-hydrogen) atoms. The van der Waals surface area contributed by atoms with Crippen LogP contribution in [0.15, 0.2) is 41.3 Å². The van der Waals surface area contributed by atoms with Crippen LogP contribution in [0.2, 0.25) is 10.0 Å². The van der Waals surface area contributed by atoms with Gasteiger partial charge in [0.15, 0.2) is 11.5 Å². The summed E-state index contributed by atoms with van der Waals surface area (Å²) in [6.45, 7) is 2.48. The molecule has 0 radical (unpaired) electrons. The highest BCUT2D eigenvalue weighted by molar-refractivity contribution is 7.89. The highest BCUT2D eigenvalue weighted by Gasteiger charge is 2.16. The quantitative estimate of drug-likeness (QED) is 0.780. The highest BCUT2D eigenvalue weighted by atomic mass is 35.5. The van der Waals surface area contributed by atoms with Crippen molar-refractivity contribution in [1.29, 1.82) is 0 Å². The molecule has 0 amide bonds. The molecule has 2 aromatic rings. The van der Waals surface area contributed by atoms with Crippen LogP contribution in [0.5, 0.6) is 11.5 Å². The van der Waals surface area contributed by atoms with Crippen LogP contribution in [0.3, 0.4) is 0 Å². The summed E-state index contributed by atoms with van der Waals surface area (Å²) < 4.78 is 37.9. The van der Waals surface area contributed by atoms with E-state index in [9.17, 15) is 8.42 Å². The van der Waals surface area contributed by atoms with Crippen LogP contribution in [0.4, 0.5) is 0 Å². The molecule has 0 aliphatic heterocycles. The standard InChI is InChI=1S/C16H17Cl2NO4S/c1-3-23-15-5-4-11(6-16(15)22-2)10-19-24(20,21)14-8-12(17)7-13(18)9-14/h4-9,19H,3,10H2,1-2H3. The second kappa shape index (κ2) is 8.07. The van der Waals surface area contributed by atoms with E-state index in [1.165, 1.54) is 25.3 Å². The van der Waals surface area contributed by atoms with E-state index in [1.54, 1.807) is 18.2 Å². The van der Waals surface area contributed by atoms with Gasteiger partial charge in [0, 0.05) is 16.6 Å². The summed E-state index contributed by atoms with van der Waals surface area (Å²) in [6, 6.07) is 9.38. The Kier molecular flexibility index (Phi) is 6.34. The molecule has 8 heteroatoms. The van der Waals surface area contributed by atoms with Crippen molar-refractivity contribution in [2.75, 3.05) is 13.7 Å². The zero-order valence-corrected chi connectivity index (χ0v) is 15.5. The normalized spacial score (nSPS) is 11.3. The predicted octanol–water partition coefficient (Wildman–Crippen LogP) is 3.88. The lowest BCUT2D eigenvalue weighted by atomic mass is 10.2. The van der Waals surface area contributed by atoms with Crippen LogP contribution >= 0.6 is 23.2 Å². The number of nitrogens with one attached hydrogen (secondary N) is 1. The number of hydrogen-bond acceptors (Lipinski definition) is 4. The van der Waals surface area contributed by atoms with E-state index in [2.05, 4.69) is 4.72 Å². The molecule has 0 atom stereocenters. The summed E-state index contributed by atoms with van der Waals surface area (Å²) in [6.07, 6.45) is 0. The topological polar surface area (TPSA) is 64.6 Å². The van der Waals surface area contributed by atoms with E-state index < -0.39 is 10.0 Å². The number of hydrogen-bond donors (Lipinski definition) is 1. The van der Waals surface area contributed by atoms with Gasteiger partial charge < -0.3 is 9.47 Å². The number of rotatable bonds is 7. The van der Waals surface area contributed by atoms with Crippen molar-refractivity contribution in [2.45, 2.75) is 18.4 Å². The Balaban J connectivity index is 2.17. The van der Waals surface area contributed by atoms with Crippen LogP contribution in [-0.4, -0.2) is 22.1 Å². The summed E-state index contributed by atoms with van der Waals surface area (Å²) in [5.74, 6) is 1.15. The van der Waals surface area contributed by atoms with Crippen molar-refractivity contribution < 1.29 is 17.9 Å². The number of sulfonamides is 1. The van der Waals surface area contributed by atoms with Gasteiger partial charge in [-0.05, 0) is 42.8 Å². The molecule has 0 fully saturated rings. The first kappa shape index (κ1) is 18.9. The Bertz CT molecular complexity index is 805. The maximum absolute atomic E-state index is 12.3. The monoisotopic (exact) mass is 389 g/mol. The van der Waals surface area contributed by atoms with Crippen molar-refractivity contribution in [3.63, 3.8) is 0 Å². The third kappa shape index (κ3) is 4.77. The first-order valence-electron chi connectivity index (χ1n) is 7.11. The lowest BCUT2D eigenvalue weighted by Crippen LogP contribution is -2.23. The SMILES string of the molecule is CCOc1ccc(CNS(=O)(=O)c2cc(Cl)cc(Cl)c2)cc1OC. The van der Waals surface area contributed by atoms with Gasteiger partial charge in [0.05, 0.1) is 18.6 Å². The lowest BCUT2D eigenvalue weighted by Gasteiger charge is -2.12. The lowest BCUT2D eigenvalue weighted by molar-refractivity contribution is 0.310. The van der Waals surface area contributed by atoms with Crippen molar-refractivity contribution in [3.8, 4) is 11.5 Å². The van der Waals surface area contributed by atoms with Crippen molar-refractivity contribution in [3.05, 3.63) is 52.0 Å². The van der Waals surface area contributed by atoms with Crippen molar-refractivity contribution >= 4 is 33.2 Å². The molecule has 0 saturated heterocycles. The summed E-state index contributed by atoms with van der Waals surface area (Å²) >= 11 is 11.7. The molecule has 130 valence electrons. The Morgan fingerprint density at radius 2 is 1.71 bits per heavy atom. The molecule has 2 aromatic carbocycles. The van der Waals surface area contributed by atoms with Crippen LogP contribution in [0.1, 0.15) is 12.5 Å². The van der Waals surface area contributed by atoms with Gasteiger partial charge in [-0.2, -0.15) is 0 Å². The van der Waals surface area contributed by atoms with Gasteiger partial charge in [0.1, 0.15) is 0 Å². The van der Waals surface area contributed by atoms with Crippen molar-refractivity contribution in [1.82, 2.24) is 4.72 Å². The minimum Gasteiger partial charge on any atom is -0.493 e. The third-order valence-corrected chi connectivity index (χ3v) is 4.96. The summed E-state index contributed by atoms with van der Waals surface area (Å²) in [7, 11) is -2.21. The molecule has 0 spiro atoms. The molecular weight excluding hydrogens is 373 g/mol. The average Bonchev–Trinajstić information content (AvgIpc) is 2.53. The molecule has 5 nitrogen and oxygen atoms in total. The molecule has 2 rings (SSSR count). The van der Waals surface area contributed by atoms with E-state index in [0.29, 0.717) is 18.1 Å². The van der Waals surface area contributed by atoms with Gasteiger partial charge in [-0.1, -0.05) is 29.3 Å². The smallest absolute Gasteiger partial charge is 0.240 e. The number of halogens is 2. The highest BCUT2D eigenvalue weighted by Crippen LogP contribution is 2.28. The third-order valence-electron chi connectivity index (χ3n) is 3.14. The molecule has 0 saturated carbocycles. The first-order chi connectivity index (χ1) is 11.4. The summed E-state index contributed by atoms with van der Waals surface area (Å²) in [5, 5.41) is 0.510. The second-order valence-corrected chi connectivity index (χ2v) is 7.49. The Labute approximate surface area is 151 Å². The molecular formula is C16H17Cl2NO4S. The van der Waals surface area contributed by atoms with Gasteiger partial charge in [0.2, 0.25) is 10.0 Å². The number of methoxy groups -OCH3 is 1. The zero-order chi connectivity index (χ0) is 17.7. The van der Waals surface area contributed by atoms with E-state index >= 15 is 0 Å². The number of ether oxygens (including phenoxy) is 2. The maximum atomic E-state index is 12.3. The van der Waals surface area contributed by atoms with E-state index in [1.807, 2.05) is 6.92 Å². The molecule has 0 unspecified atom stereocenters. The summed E-state index contributed by atoms with van der Waals surface area (Å²) in [5.41, 5.74) is 0.729. The molecule has 0 aliphatic carbocycles. The van der Waals surface area contributed by atoms with Gasteiger partial charge >= 0.3 is 0 Å². The van der Waals surface area contributed by atoms with Crippen molar-refractivity contribution in [2.24, 2.45) is 0 Å². The molecule has 0 bridgehead atoms. The van der Waals surface area contributed by atoms with E-state index in [0.717, 1.165) is 5.56 Å². The predicted molar refractivity (Wildman–Crippen MR) is 94.7 cm³/mol. The van der Waals surface area contributed by atoms with Gasteiger partial charge in [0.25, 0.3) is 0 Å². The maximum Gasteiger partial charge on any atom is 0.240 e. The molecule has 0 heterocycles. The number of benzene rings is 2. The Hall–Kier alpha value is -1.47. The first-order valence-corrected chi connectivity index (χ1v) is 9.35. The van der Waals surface area contributed by atoms with Crippen LogP contribution in [-0.2, 0) is 16.6 Å². The fraction of sp³-hybridized carbons (Fsp3) is 0.250. The van der Waals surface area contributed by atoms with E-state index in [-0.39, 0.29) is 21.5 Å². The van der Waals surface area contributed by atoms with Gasteiger partial charge in [-0.25, -0.2) is 13.1 Å². The van der Waals surface area contributed by atoms with Crippen LogP contribution in [0.25, 0.3) is 0 Å². The minimum absolute atomic E-state index is 0.0119. The zero-order valence-electron chi connectivity index (χ0n) is 13.2. The fourth-order valence-corrected chi connectivity index (χ4v) is 3.79. The average molecular weight is 390 g/mol. The van der Waals surface area contributed by atoms with E-state index in [4.69, 9.17) is 32.7 Å². The summed E-state index contributed by atoms with van der Waals surface area (Å²) in [4.78, 5) is 0.0119. The molecule has 1 N–H and O–H groups in total. The molecule has 0 aromatic heterocycles. The largest absolute Gasteiger partial charge is 0.493 e. The van der Waals surface area contributed by atoms with Gasteiger partial charge in [-0.15, -0.1) is 0 Å². The minimum atomic E-state index is -3.73. The molecule has 0 aliphatic rings. The van der Waals surface area contributed by atoms with Gasteiger partial charge in [-0.3, -0.25) is 0 Å². The Morgan fingerprint density at radius 3 is 2.29 bits per heavy atom. The van der Waals surface area contributed by atoms with Crippen LogP contribution in [0, 0.1) is 0 Å². The Morgan fingerprint density at radius 1 is 1.04 bits per heavy atom. The fourth-order valence-electron chi connectivity index (χ4n) is 2.04.